The normalized spacial score (nSPS) is 21.8. The van der Waals surface area contributed by atoms with E-state index in [2.05, 4.69) is 40.1 Å². The zero-order valence-corrected chi connectivity index (χ0v) is 16.0. The largest absolute Gasteiger partial charge is 0.381 e. The molecule has 28 heavy (non-hydrogen) atoms. The average molecular weight is 378 g/mol. The fraction of sp³-hybridized carbons (Fsp3) is 0.455. The first-order chi connectivity index (χ1) is 13.8. The molecule has 2 fully saturated rings. The van der Waals surface area contributed by atoms with Crippen LogP contribution in [0.3, 0.4) is 0 Å². The topological polar surface area (TPSA) is 54.1 Å². The van der Waals surface area contributed by atoms with Crippen molar-refractivity contribution in [2.75, 3.05) is 19.8 Å². The first kappa shape index (κ1) is 17.6. The molecule has 2 aromatic heterocycles. The summed E-state index contributed by atoms with van der Waals surface area (Å²) in [6.07, 6.45) is 11.9. The molecule has 3 aromatic rings. The van der Waals surface area contributed by atoms with E-state index in [4.69, 9.17) is 14.5 Å². The van der Waals surface area contributed by atoms with Gasteiger partial charge in [-0.25, -0.2) is 4.98 Å². The number of hydrogen-bond donors (Lipinski definition) is 0. The van der Waals surface area contributed by atoms with E-state index in [1.54, 1.807) is 0 Å². The van der Waals surface area contributed by atoms with Crippen LogP contribution >= 0.6 is 0 Å². The fourth-order valence-electron chi connectivity index (χ4n) is 4.59. The van der Waals surface area contributed by atoms with E-state index in [9.17, 15) is 0 Å². The maximum atomic E-state index is 6.25. The molecule has 5 rings (SSSR count). The minimum atomic E-state index is -0.0305. The predicted octanol–water partition coefficient (Wildman–Crippen LogP) is 3.70. The molecular formula is C22H26N4O2. The summed E-state index contributed by atoms with van der Waals surface area (Å²) in [5.41, 5.74) is 2.37. The molecule has 6 heteroatoms. The molecule has 2 aliphatic heterocycles. The van der Waals surface area contributed by atoms with E-state index in [0.717, 1.165) is 57.9 Å². The van der Waals surface area contributed by atoms with Crippen molar-refractivity contribution < 1.29 is 9.47 Å². The summed E-state index contributed by atoms with van der Waals surface area (Å²) in [5, 5.41) is 4.36. The van der Waals surface area contributed by atoms with Gasteiger partial charge in [-0.15, -0.1) is 0 Å². The van der Waals surface area contributed by atoms with Crippen LogP contribution in [-0.4, -0.2) is 44.8 Å². The molecule has 146 valence electrons. The van der Waals surface area contributed by atoms with Gasteiger partial charge in [0.2, 0.25) is 0 Å². The van der Waals surface area contributed by atoms with Crippen LogP contribution in [0.5, 0.6) is 0 Å². The van der Waals surface area contributed by atoms with Crippen molar-refractivity contribution in [3.05, 3.63) is 60.7 Å². The molecule has 0 N–H and O–H groups in total. The zero-order valence-electron chi connectivity index (χ0n) is 16.0. The predicted molar refractivity (Wildman–Crippen MR) is 106 cm³/mol. The summed E-state index contributed by atoms with van der Waals surface area (Å²) < 4.78 is 16.1. The van der Waals surface area contributed by atoms with Gasteiger partial charge in [0, 0.05) is 56.2 Å². The highest BCUT2D eigenvalue weighted by Crippen LogP contribution is 2.40. The molecule has 1 unspecified atom stereocenters. The highest BCUT2D eigenvalue weighted by atomic mass is 16.5. The Kier molecular flexibility index (Phi) is 4.74. The van der Waals surface area contributed by atoms with Crippen molar-refractivity contribution in [3.8, 4) is 11.4 Å². The van der Waals surface area contributed by atoms with Gasteiger partial charge in [0.15, 0.2) is 0 Å². The number of aromatic nitrogens is 4. The summed E-state index contributed by atoms with van der Waals surface area (Å²) in [5.74, 6) is 1.04. The van der Waals surface area contributed by atoms with Crippen LogP contribution in [0.4, 0.5) is 0 Å². The maximum Gasteiger partial charge on any atom is 0.140 e. The third-order valence-electron chi connectivity index (χ3n) is 6.08. The van der Waals surface area contributed by atoms with Gasteiger partial charge in [0.1, 0.15) is 5.82 Å². The average Bonchev–Trinajstić information content (AvgIpc) is 3.41. The summed E-state index contributed by atoms with van der Waals surface area (Å²) in [6.45, 7) is 3.15. The Balaban J connectivity index is 1.45. The van der Waals surface area contributed by atoms with Crippen molar-refractivity contribution in [3.63, 3.8) is 0 Å². The van der Waals surface area contributed by atoms with Gasteiger partial charge in [-0.2, -0.15) is 5.10 Å². The van der Waals surface area contributed by atoms with Gasteiger partial charge in [-0.3, -0.25) is 4.68 Å². The minimum absolute atomic E-state index is 0.0305. The Bertz CT molecular complexity index is 907. The lowest BCUT2D eigenvalue weighted by molar-refractivity contribution is -0.144. The molecule has 0 bridgehead atoms. The molecule has 6 nitrogen and oxygen atoms in total. The molecule has 0 amide bonds. The van der Waals surface area contributed by atoms with Crippen LogP contribution in [0.2, 0.25) is 0 Å². The quantitative estimate of drug-likeness (QED) is 0.695. The first-order valence-electron chi connectivity index (χ1n) is 10.1. The van der Waals surface area contributed by atoms with Crippen molar-refractivity contribution in [2.24, 2.45) is 0 Å². The lowest BCUT2D eigenvalue weighted by atomic mass is 9.84. The zero-order chi connectivity index (χ0) is 18.8. The number of nitrogens with zero attached hydrogens (tertiary/aromatic N) is 4. The Hall–Kier alpha value is -2.44. The van der Waals surface area contributed by atoms with Crippen LogP contribution in [-0.2, 0) is 16.0 Å². The lowest BCUT2D eigenvalue weighted by Gasteiger charge is -2.43. The summed E-state index contributed by atoms with van der Waals surface area (Å²) in [4.78, 5) is 4.75. The number of rotatable bonds is 4. The second-order valence-electron chi connectivity index (χ2n) is 7.81. The molecule has 0 saturated carbocycles. The SMILES string of the molecule is c1ccc(-c2nccn2C2CCOC3(CCOCC3)C2)c(Cn2cccn2)c1. The van der Waals surface area contributed by atoms with E-state index in [0.29, 0.717) is 6.04 Å². The highest BCUT2D eigenvalue weighted by Gasteiger charge is 2.40. The van der Waals surface area contributed by atoms with Crippen LogP contribution in [0.1, 0.15) is 37.3 Å². The molecule has 1 spiro atoms. The minimum Gasteiger partial charge on any atom is -0.381 e. The monoisotopic (exact) mass is 378 g/mol. The standard InChI is InChI=1S/C22H26N4O2/c1-2-5-20(18(4-1)17-25-11-3-9-24-25)21-23-10-12-26(21)19-6-13-28-22(16-19)7-14-27-15-8-22/h1-5,9-12,19H,6-8,13-17H2. The molecule has 4 heterocycles. The van der Waals surface area contributed by atoms with Crippen LogP contribution in [0, 0.1) is 0 Å². The van der Waals surface area contributed by atoms with Gasteiger partial charge in [0.05, 0.1) is 12.1 Å². The molecular weight excluding hydrogens is 352 g/mol. The molecule has 1 atom stereocenters. The molecule has 2 aliphatic rings. The fourth-order valence-corrected chi connectivity index (χ4v) is 4.59. The summed E-state index contributed by atoms with van der Waals surface area (Å²) >= 11 is 0. The maximum absolute atomic E-state index is 6.25. The number of ether oxygens (including phenoxy) is 2. The first-order valence-corrected chi connectivity index (χ1v) is 10.1. The third kappa shape index (κ3) is 3.38. The van der Waals surface area contributed by atoms with Gasteiger partial charge >= 0.3 is 0 Å². The summed E-state index contributed by atoms with van der Waals surface area (Å²) in [7, 11) is 0. The van der Waals surface area contributed by atoms with Gasteiger partial charge in [0.25, 0.3) is 0 Å². The third-order valence-corrected chi connectivity index (χ3v) is 6.08. The smallest absolute Gasteiger partial charge is 0.140 e. The van der Waals surface area contributed by atoms with E-state index >= 15 is 0 Å². The Morgan fingerprint density at radius 1 is 1.04 bits per heavy atom. The number of benzene rings is 1. The Morgan fingerprint density at radius 3 is 2.79 bits per heavy atom. The van der Waals surface area contributed by atoms with Crippen molar-refractivity contribution in [1.82, 2.24) is 19.3 Å². The number of imidazole rings is 1. The van der Waals surface area contributed by atoms with Crippen LogP contribution < -0.4 is 0 Å². The van der Waals surface area contributed by atoms with Crippen molar-refractivity contribution in [1.29, 1.82) is 0 Å². The molecule has 0 aliphatic carbocycles. The number of hydrogen-bond acceptors (Lipinski definition) is 4. The molecule has 0 radical (unpaired) electrons. The van der Waals surface area contributed by atoms with Crippen molar-refractivity contribution >= 4 is 0 Å². The Labute approximate surface area is 165 Å². The van der Waals surface area contributed by atoms with E-state index in [1.807, 2.05) is 29.3 Å². The van der Waals surface area contributed by atoms with Gasteiger partial charge in [-0.1, -0.05) is 24.3 Å². The van der Waals surface area contributed by atoms with Crippen molar-refractivity contribution in [2.45, 2.75) is 43.9 Å². The van der Waals surface area contributed by atoms with E-state index in [1.165, 1.54) is 11.1 Å². The second kappa shape index (κ2) is 7.53. The highest BCUT2D eigenvalue weighted by molar-refractivity contribution is 5.61. The molecule has 1 aromatic carbocycles. The van der Waals surface area contributed by atoms with Crippen LogP contribution in [0.25, 0.3) is 11.4 Å². The summed E-state index contributed by atoms with van der Waals surface area (Å²) in [6, 6.07) is 10.9. The molecule has 2 saturated heterocycles. The van der Waals surface area contributed by atoms with E-state index < -0.39 is 0 Å². The Morgan fingerprint density at radius 2 is 1.93 bits per heavy atom. The van der Waals surface area contributed by atoms with Gasteiger partial charge in [-0.05, 0) is 37.3 Å². The second-order valence-corrected chi connectivity index (χ2v) is 7.81. The van der Waals surface area contributed by atoms with Gasteiger partial charge < -0.3 is 14.0 Å². The van der Waals surface area contributed by atoms with E-state index in [-0.39, 0.29) is 5.60 Å². The lowest BCUT2D eigenvalue weighted by Crippen LogP contribution is -2.44. The van der Waals surface area contributed by atoms with Crippen LogP contribution in [0.15, 0.2) is 55.1 Å².